The van der Waals surface area contributed by atoms with E-state index in [1.807, 2.05) is 13.8 Å². The van der Waals surface area contributed by atoms with Crippen LogP contribution in [0.2, 0.25) is 0 Å². The van der Waals surface area contributed by atoms with Crippen LogP contribution in [0.4, 0.5) is 0 Å². The van der Waals surface area contributed by atoms with Gasteiger partial charge in [-0.05, 0) is 12.3 Å². The van der Waals surface area contributed by atoms with Crippen LogP contribution in [0.15, 0.2) is 0 Å². The van der Waals surface area contributed by atoms with Crippen LogP contribution in [-0.2, 0) is 9.59 Å². The summed E-state index contributed by atoms with van der Waals surface area (Å²) in [7, 11) is 0. The minimum atomic E-state index is -0.822. The number of carbonyl (C=O) groups is 2. The van der Waals surface area contributed by atoms with Gasteiger partial charge in [-0.15, -0.1) is 0 Å². The van der Waals surface area contributed by atoms with Gasteiger partial charge in [-0.25, -0.2) is 0 Å². The Morgan fingerprint density at radius 2 is 2.00 bits per heavy atom. The molecule has 12 heavy (non-hydrogen) atoms. The zero-order chi connectivity index (χ0) is 9.30. The lowest BCUT2D eigenvalue weighted by atomic mass is 10.0. The number of ketones is 1. The van der Waals surface area contributed by atoms with Gasteiger partial charge in [-0.1, -0.05) is 13.8 Å². The van der Waals surface area contributed by atoms with Gasteiger partial charge in [0.15, 0.2) is 0 Å². The summed E-state index contributed by atoms with van der Waals surface area (Å²) in [6.07, 6.45) is 1.08. The third kappa shape index (κ3) is 2.06. The van der Waals surface area contributed by atoms with Crippen molar-refractivity contribution in [3.05, 3.63) is 0 Å². The SMILES string of the molecule is CC(C)CC(=O)C1CC1C(=O)O. The van der Waals surface area contributed by atoms with Crippen molar-refractivity contribution in [3.63, 3.8) is 0 Å². The molecule has 0 amide bonds. The maximum absolute atomic E-state index is 11.3. The lowest BCUT2D eigenvalue weighted by molar-refractivity contribution is -0.140. The van der Waals surface area contributed by atoms with Gasteiger partial charge < -0.3 is 5.11 Å². The Kier molecular flexibility index (Phi) is 2.50. The van der Waals surface area contributed by atoms with Crippen molar-refractivity contribution >= 4 is 11.8 Å². The van der Waals surface area contributed by atoms with Crippen molar-refractivity contribution < 1.29 is 14.7 Å². The molecule has 1 fully saturated rings. The van der Waals surface area contributed by atoms with E-state index in [9.17, 15) is 9.59 Å². The van der Waals surface area contributed by atoms with Crippen molar-refractivity contribution in [3.8, 4) is 0 Å². The van der Waals surface area contributed by atoms with E-state index in [4.69, 9.17) is 5.11 Å². The van der Waals surface area contributed by atoms with Crippen molar-refractivity contribution in [2.75, 3.05) is 0 Å². The number of hydrogen-bond acceptors (Lipinski definition) is 2. The summed E-state index contributed by atoms with van der Waals surface area (Å²) in [5.74, 6) is -0.914. The Hall–Kier alpha value is -0.860. The van der Waals surface area contributed by atoms with Gasteiger partial charge in [0.05, 0.1) is 5.92 Å². The molecule has 2 atom stereocenters. The van der Waals surface area contributed by atoms with E-state index in [1.165, 1.54) is 0 Å². The fourth-order valence-corrected chi connectivity index (χ4v) is 1.38. The quantitative estimate of drug-likeness (QED) is 0.692. The second-order valence-corrected chi connectivity index (χ2v) is 3.85. The highest BCUT2D eigenvalue weighted by Gasteiger charge is 2.47. The molecule has 0 bridgehead atoms. The molecule has 1 N–H and O–H groups in total. The van der Waals surface area contributed by atoms with Gasteiger partial charge in [-0.2, -0.15) is 0 Å². The largest absolute Gasteiger partial charge is 0.481 e. The second kappa shape index (κ2) is 3.25. The molecule has 0 aromatic carbocycles. The maximum Gasteiger partial charge on any atom is 0.307 e. The third-order valence-electron chi connectivity index (χ3n) is 2.13. The molecule has 0 heterocycles. The molecule has 3 nitrogen and oxygen atoms in total. The first kappa shape index (κ1) is 9.23. The average Bonchev–Trinajstić information content (AvgIpc) is 2.61. The number of rotatable bonds is 4. The number of carbonyl (C=O) groups excluding carboxylic acids is 1. The second-order valence-electron chi connectivity index (χ2n) is 3.85. The summed E-state index contributed by atoms with van der Waals surface area (Å²) in [6.45, 7) is 3.94. The molecule has 0 spiro atoms. The van der Waals surface area contributed by atoms with Crippen LogP contribution in [0.1, 0.15) is 26.7 Å². The first-order chi connectivity index (χ1) is 5.52. The highest BCUT2D eigenvalue weighted by Crippen LogP contribution is 2.40. The first-order valence-corrected chi connectivity index (χ1v) is 4.28. The van der Waals surface area contributed by atoms with E-state index < -0.39 is 5.97 Å². The molecule has 1 saturated carbocycles. The predicted octanol–water partition coefficient (Wildman–Crippen LogP) is 1.32. The minimum Gasteiger partial charge on any atom is -0.481 e. The molecule has 0 saturated heterocycles. The fourth-order valence-electron chi connectivity index (χ4n) is 1.38. The zero-order valence-corrected chi connectivity index (χ0v) is 7.41. The number of Topliss-reactive ketones (excluding diaryl/α,β-unsaturated/α-hetero) is 1. The number of carboxylic acids is 1. The van der Waals surface area contributed by atoms with Gasteiger partial charge in [0.25, 0.3) is 0 Å². The molecule has 1 rings (SSSR count). The molecule has 1 aliphatic carbocycles. The highest BCUT2D eigenvalue weighted by molar-refractivity contribution is 5.90. The lowest BCUT2D eigenvalue weighted by Gasteiger charge is -2.01. The average molecular weight is 170 g/mol. The van der Waals surface area contributed by atoms with Gasteiger partial charge in [0, 0.05) is 12.3 Å². The van der Waals surface area contributed by atoms with E-state index >= 15 is 0 Å². The number of carboxylic acid groups (broad SMARTS) is 1. The van der Waals surface area contributed by atoms with Crippen LogP contribution in [0.25, 0.3) is 0 Å². The monoisotopic (exact) mass is 170 g/mol. The summed E-state index contributed by atoms with van der Waals surface area (Å²) in [6, 6.07) is 0. The molecular formula is C9H14O3. The van der Waals surface area contributed by atoms with E-state index in [0.717, 1.165) is 0 Å². The number of hydrogen-bond donors (Lipinski definition) is 1. The summed E-state index contributed by atoms with van der Waals surface area (Å²) in [4.78, 5) is 21.7. The third-order valence-corrected chi connectivity index (χ3v) is 2.13. The molecule has 3 heteroatoms. The van der Waals surface area contributed by atoms with Crippen molar-refractivity contribution in [2.24, 2.45) is 17.8 Å². The Labute approximate surface area is 71.8 Å². The predicted molar refractivity (Wildman–Crippen MR) is 43.7 cm³/mol. The van der Waals surface area contributed by atoms with Crippen molar-refractivity contribution in [1.29, 1.82) is 0 Å². The van der Waals surface area contributed by atoms with Gasteiger partial charge in [-0.3, -0.25) is 9.59 Å². The Morgan fingerprint density at radius 3 is 2.33 bits per heavy atom. The summed E-state index contributed by atoms with van der Waals surface area (Å²) < 4.78 is 0. The topological polar surface area (TPSA) is 54.4 Å². The van der Waals surface area contributed by atoms with E-state index in [2.05, 4.69) is 0 Å². The molecule has 0 radical (unpaired) electrons. The zero-order valence-electron chi connectivity index (χ0n) is 7.41. The van der Waals surface area contributed by atoms with Gasteiger partial charge >= 0.3 is 5.97 Å². The minimum absolute atomic E-state index is 0.123. The van der Waals surface area contributed by atoms with E-state index in [0.29, 0.717) is 18.8 Å². The van der Waals surface area contributed by atoms with Crippen LogP contribution in [-0.4, -0.2) is 16.9 Å². The van der Waals surface area contributed by atoms with Gasteiger partial charge in [0.2, 0.25) is 0 Å². The Balaban J connectivity index is 2.33. The Bertz CT molecular complexity index is 208. The molecule has 1 aliphatic rings. The fraction of sp³-hybridized carbons (Fsp3) is 0.778. The molecule has 0 aromatic heterocycles. The highest BCUT2D eigenvalue weighted by atomic mass is 16.4. The summed E-state index contributed by atoms with van der Waals surface area (Å²) >= 11 is 0. The van der Waals surface area contributed by atoms with Crippen LogP contribution < -0.4 is 0 Å². The smallest absolute Gasteiger partial charge is 0.307 e. The maximum atomic E-state index is 11.3. The van der Waals surface area contributed by atoms with Crippen LogP contribution in [0, 0.1) is 17.8 Å². The number of aliphatic carboxylic acids is 1. The molecule has 0 aliphatic heterocycles. The lowest BCUT2D eigenvalue weighted by Crippen LogP contribution is -2.09. The first-order valence-electron chi connectivity index (χ1n) is 4.28. The molecular weight excluding hydrogens is 156 g/mol. The van der Waals surface area contributed by atoms with Crippen LogP contribution >= 0.6 is 0 Å². The van der Waals surface area contributed by atoms with E-state index in [1.54, 1.807) is 0 Å². The normalized spacial score (nSPS) is 27.2. The Morgan fingerprint density at radius 1 is 1.42 bits per heavy atom. The van der Waals surface area contributed by atoms with E-state index in [-0.39, 0.29) is 17.6 Å². The standard InChI is InChI=1S/C9H14O3/c1-5(2)3-8(10)6-4-7(6)9(11)12/h5-7H,3-4H2,1-2H3,(H,11,12). The van der Waals surface area contributed by atoms with Crippen LogP contribution in [0.5, 0.6) is 0 Å². The van der Waals surface area contributed by atoms with Crippen molar-refractivity contribution in [1.82, 2.24) is 0 Å². The summed E-state index contributed by atoms with van der Waals surface area (Å²) in [5.41, 5.74) is 0. The van der Waals surface area contributed by atoms with Crippen LogP contribution in [0.3, 0.4) is 0 Å². The summed E-state index contributed by atoms with van der Waals surface area (Å²) in [5, 5.41) is 8.55. The molecule has 68 valence electrons. The van der Waals surface area contributed by atoms with Gasteiger partial charge in [0.1, 0.15) is 5.78 Å². The molecule has 0 aromatic rings. The van der Waals surface area contributed by atoms with Crippen molar-refractivity contribution in [2.45, 2.75) is 26.7 Å². The molecule has 2 unspecified atom stereocenters.